The van der Waals surface area contributed by atoms with Crippen molar-refractivity contribution in [2.45, 2.75) is 38.6 Å². The number of nitrogens with two attached hydrogens (primary N) is 1. The molecule has 0 atom stereocenters. The van der Waals surface area contributed by atoms with E-state index < -0.39 is 0 Å². The number of hydrogen-bond donors (Lipinski definition) is 1. The average molecular weight is 276 g/mol. The van der Waals surface area contributed by atoms with Crippen molar-refractivity contribution in [2.24, 2.45) is 5.73 Å². The molecule has 1 aliphatic rings. The summed E-state index contributed by atoms with van der Waals surface area (Å²) in [5.41, 5.74) is 5.35. The number of carbonyl (C=O) groups is 1. The van der Waals surface area contributed by atoms with E-state index in [0.29, 0.717) is 12.6 Å². The molecule has 19 heavy (non-hydrogen) atoms. The second-order valence-corrected chi connectivity index (χ2v) is 5.78. The Morgan fingerprint density at radius 2 is 2.21 bits per heavy atom. The molecule has 1 amide bonds. The maximum absolute atomic E-state index is 12.5. The summed E-state index contributed by atoms with van der Waals surface area (Å²) in [5, 5.41) is 0. The van der Waals surface area contributed by atoms with Gasteiger partial charge in [0, 0.05) is 12.6 Å². The SMILES string of the molecule is CCN(C(=O)c1ccc(C#CCN)s1)C1CCCC1. The molecule has 0 spiro atoms. The van der Waals surface area contributed by atoms with Crippen molar-refractivity contribution in [3.63, 3.8) is 0 Å². The molecule has 0 aromatic carbocycles. The smallest absolute Gasteiger partial charge is 0.264 e. The number of nitrogens with zero attached hydrogens (tertiary/aromatic N) is 1. The predicted octanol–water partition coefficient (Wildman–Crippen LogP) is 2.46. The molecule has 4 heteroatoms. The fourth-order valence-corrected chi connectivity index (χ4v) is 3.42. The summed E-state index contributed by atoms with van der Waals surface area (Å²) < 4.78 is 0. The summed E-state index contributed by atoms with van der Waals surface area (Å²) in [7, 11) is 0. The van der Waals surface area contributed by atoms with Crippen molar-refractivity contribution in [2.75, 3.05) is 13.1 Å². The van der Waals surface area contributed by atoms with E-state index in [4.69, 9.17) is 5.73 Å². The first-order valence-corrected chi connectivity index (χ1v) is 7.67. The third-order valence-corrected chi connectivity index (χ3v) is 4.49. The Hall–Kier alpha value is -1.31. The molecule has 1 fully saturated rings. The standard InChI is InChI=1S/C15H20N2OS/c1-2-17(12-6-3-4-7-12)15(18)14-10-9-13(19-14)8-5-11-16/h9-10,12H,2-4,6-7,11,16H2,1H3. The quantitative estimate of drug-likeness (QED) is 0.862. The number of carbonyl (C=O) groups excluding carboxylic acids is 1. The zero-order valence-corrected chi connectivity index (χ0v) is 12.1. The van der Waals surface area contributed by atoms with E-state index in [-0.39, 0.29) is 5.91 Å². The maximum atomic E-state index is 12.5. The number of amides is 1. The largest absolute Gasteiger partial charge is 0.335 e. The second kappa shape index (κ2) is 6.74. The normalized spacial score (nSPS) is 15.1. The van der Waals surface area contributed by atoms with Crippen LogP contribution in [-0.2, 0) is 0 Å². The van der Waals surface area contributed by atoms with E-state index >= 15 is 0 Å². The Bertz CT molecular complexity index is 492. The third-order valence-electron chi connectivity index (χ3n) is 3.50. The van der Waals surface area contributed by atoms with Crippen molar-refractivity contribution in [1.82, 2.24) is 4.90 Å². The average Bonchev–Trinajstić information content (AvgIpc) is 3.08. The molecular weight excluding hydrogens is 256 g/mol. The Labute approximate surface area is 118 Å². The van der Waals surface area contributed by atoms with Gasteiger partial charge in [-0.05, 0) is 31.9 Å². The molecule has 1 aromatic heterocycles. The minimum Gasteiger partial charge on any atom is -0.335 e. The zero-order valence-electron chi connectivity index (χ0n) is 11.3. The Balaban J connectivity index is 2.10. The van der Waals surface area contributed by atoms with Crippen molar-refractivity contribution in [1.29, 1.82) is 0 Å². The third kappa shape index (κ3) is 3.37. The molecule has 1 saturated carbocycles. The highest BCUT2D eigenvalue weighted by molar-refractivity contribution is 7.14. The summed E-state index contributed by atoms with van der Waals surface area (Å²) in [6, 6.07) is 4.21. The molecule has 1 aliphatic carbocycles. The summed E-state index contributed by atoms with van der Waals surface area (Å²) in [6.07, 6.45) is 4.77. The van der Waals surface area contributed by atoms with Gasteiger partial charge in [0.05, 0.1) is 16.3 Å². The highest BCUT2D eigenvalue weighted by Gasteiger charge is 2.26. The Morgan fingerprint density at radius 1 is 1.47 bits per heavy atom. The van der Waals surface area contributed by atoms with Gasteiger partial charge in [-0.2, -0.15) is 0 Å². The number of thiophene rings is 1. The van der Waals surface area contributed by atoms with Gasteiger partial charge in [0.25, 0.3) is 5.91 Å². The topological polar surface area (TPSA) is 46.3 Å². The van der Waals surface area contributed by atoms with Gasteiger partial charge in [0.2, 0.25) is 0 Å². The minimum absolute atomic E-state index is 0.153. The molecule has 3 nitrogen and oxygen atoms in total. The van der Waals surface area contributed by atoms with Crippen LogP contribution in [0, 0.1) is 11.8 Å². The Morgan fingerprint density at radius 3 is 2.84 bits per heavy atom. The fourth-order valence-electron chi connectivity index (χ4n) is 2.58. The molecule has 0 bridgehead atoms. The van der Waals surface area contributed by atoms with E-state index in [2.05, 4.69) is 18.8 Å². The lowest BCUT2D eigenvalue weighted by Crippen LogP contribution is -2.38. The van der Waals surface area contributed by atoms with Crippen molar-refractivity contribution >= 4 is 17.2 Å². The molecular formula is C15H20N2OS. The van der Waals surface area contributed by atoms with Crippen molar-refractivity contribution in [3.8, 4) is 11.8 Å². The van der Waals surface area contributed by atoms with E-state index in [1.807, 2.05) is 17.0 Å². The summed E-state index contributed by atoms with van der Waals surface area (Å²) in [5.74, 6) is 5.95. The van der Waals surface area contributed by atoms with Gasteiger partial charge in [-0.25, -0.2) is 0 Å². The predicted molar refractivity (Wildman–Crippen MR) is 79.2 cm³/mol. The molecule has 0 unspecified atom stereocenters. The first-order chi connectivity index (χ1) is 9.26. The van der Waals surface area contributed by atoms with E-state index in [1.54, 1.807) is 0 Å². The first-order valence-electron chi connectivity index (χ1n) is 6.86. The summed E-state index contributed by atoms with van der Waals surface area (Å²) in [4.78, 5) is 16.2. The van der Waals surface area contributed by atoms with Gasteiger partial charge in [-0.15, -0.1) is 11.3 Å². The van der Waals surface area contributed by atoms with Gasteiger partial charge in [0.1, 0.15) is 0 Å². The van der Waals surface area contributed by atoms with Crippen LogP contribution in [0.25, 0.3) is 0 Å². The van der Waals surface area contributed by atoms with Crippen LogP contribution in [0.1, 0.15) is 47.2 Å². The molecule has 0 saturated heterocycles. The zero-order chi connectivity index (χ0) is 13.7. The van der Waals surface area contributed by atoms with Crippen LogP contribution < -0.4 is 5.73 Å². The molecule has 2 N–H and O–H groups in total. The molecule has 102 valence electrons. The first kappa shape index (κ1) is 14.1. The molecule has 1 aromatic rings. The maximum Gasteiger partial charge on any atom is 0.264 e. The van der Waals surface area contributed by atoms with E-state index in [0.717, 1.165) is 29.1 Å². The lowest BCUT2D eigenvalue weighted by molar-refractivity contribution is 0.0698. The molecule has 0 radical (unpaired) electrons. The summed E-state index contributed by atoms with van der Waals surface area (Å²) in [6.45, 7) is 3.19. The van der Waals surface area contributed by atoms with Crippen LogP contribution in [0.4, 0.5) is 0 Å². The van der Waals surface area contributed by atoms with Crippen LogP contribution in [0.2, 0.25) is 0 Å². The monoisotopic (exact) mass is 276 g/mol. The van der Waals surface area contributed by atoms with Gasteiger partial charge in [0.15, 0.2) is 0 Å². The van der Waals surface area contributed by atoms with Gasteiger partial charge < -0.3 is 10.6 Å². The highest BCUT2D eigenvalue weighted by Crippen LogP contribution is 2.26. The van der Waals surface area contributed by atoms with Gasteiger partial charge in [-0.1, -0.05) is 24.7 Å². The number of hydrogen-bond acceptors (Lipinski definition) is 3. The van der Waals surface area contributed by atoms with Crippen LogP contribution in [0.5, 0.6) is 0 Å². The Kier molecular flexibility index (Phi) is 5.00. The molecule has 2 rings (SSSR count). The van der Waals surface area contributed by atoms with E-state index in [9.17, 15) is 4.79 Å². The van der Waals surface area contributed by atoms with Gasteiger partial charge in [-0.3, -0.25) is 4.79 Å². The molecule has 1 heterocycles. The van der Waals surface area contributed by atoms with Crippen molar-refractivity contribution < 1.29 is 4.79 Å². The van der Waals surface area contributed by atoms with Gasteiger partial charge >= 0.3 is 0 Å². The lowest BCUT2D eigenvalue weighted by atomic mass is 10.2. The van der Waals surface area contributed by atoms with Crippen LogP contribution in [0.3, 0.4) is 0 Å². The van der Waals surface area contributed by atoms with E-state index in [1.165, 1.54) is 24.2 Å². The summed E-state index contributed by atoms with van der Waals surface area (Å²) >= 11 is 1.46. The minimum atomic E-state index is 0.153. The fraction of sp³-hybridized carbons (Fsp3) is 0.533. The van der Waals surface area contributed by atoms with Crippen LogP contribution in [-0.4, -0.2) is 29.9 Å². The van der Waals surface area contributed by atoms with Crippen LogP contribution >= 0.6 is 11.3 Å². The molecule has 0 aliphatic heterocycles. The van der Waals surface area contributed by atoms with Crippen LogP contribution in [0.15, 0.2) is 12.1 Å². The highest BCUT2D eigenvalue weighted by atomic mass is 32.1. The van der Waals surface area contributed by atoms with Crippen molar-refractivity contribution in [3.05, 3.63) is 21.9 Å². The second-order valence-electron chi connectivity index (χ2n) is 4.70. The number of rotatable bonds is 3. The lowest BCUT2D eigenvalue weighted by Gasteiger charge is -2.27.